The van der Waals surface area contributed by atoms with Gasteiger partial charge >= 0.3 is 0 Å². The molecule has 8 heteroatoms. The molecule has 1 aromatic heterocycles. The molecule has 0 spiro atoms. The van der Waals surface area contributed by atoms with Crippen molar-refractivity contribution in [1.29, 1.82) is 0 Å². The van der Waals surface area contributed by atoms with Crippen LogP contribution in [-0.4, -0.2) is 54.6 Å². The Bertz CT molecular complexity index is 1040. The van der Waals surface area contributed by atoms with Crippen molar-refractivity contribution in [2.24, 2.45) is 0 Å². The van der Waals surface area contributed by atoms with E-state index in [4.69, 9.17) is 26.1 Å². The van der Waals surface area contributed by atoms with E-state index in [1.165, 1.54) is 0 Å². The fourth-order valence-corrected chi connectivity index (χ4v) is 3.82. The Morgan fingerprint density at radius 2 is 1.70 bits per heavy atom. The number of hydrogen-bond donors (Lipinski definition) is 0. The minimum absolute atomic E-state index is 0.361. The molecule has 1 fully saturated rings. The molecule has 1 saturated heterocycles. The van der Waals surface area contributed by atoms with E-state index in [-0.39, 0.29) is 0 Å². The molecule has 1 aliphatic heterocycles. The maximum atomic E-state index is 5.79. The fraction of sp³-hybridized carbons (Fsp3) is 0.364. The minimum atomic E-state index is 0.361. The van der Waals surface area contributed by atoms with Crippen LogP contribution in [0.15, 0.2) is 52.9 Å². The van der Waals surface area contributed by atoms with Gasteiger partial charge in [0, 0.05) is 26.2 Å². The number of benzene rings is 2. The van der Waals surface area contributed by atoms with Gasteiger partial charge in [0.05, 0.1) is 31.6 Å². The minimum Gasteiger partial charge on any atom is -0.496 e. The van der Waals surface area contributed by atoms with E-state index in [0.29, 0.717) is 29.8 Å². The van der Waals surface area contributed by atoms with Crippen LogP contribution >= 0.6 is 12.2 Å². The number of aromatic nitrogens is 2. The molecule has 30 heavy (non-hydrogen) atoms. The smallest absolute Gasteiger partial charge is 0.288 e. The quantitative estimate of drug-likeness (QED) is 0.528. The molecule has 2 aromatic carbocycles. The van der Waals surface area contributed by atoms with Crippen molar-refractivity contribution in [2.45, 2.75) is 13.6 Å². The number of methoxy groups -OCH3 is 1. The van der Waals surface area contributed by atoms with Gasteiger partial charge in [0.15, 0.2) is 0 Å². The van der Waals surface area contributed by atoms with Crippen LogP contribution < -0.4 is 14.4 Å². The predicted octanol–water partition coefficient (Wildman–Crippen LogP) is 4.06. The monoisotopic (exact) mass is 426 g/mol. The highest BCUT2D eigenvalue weighted by Gasteiger charge is 2.21. The zero-order valence-corrected chi connectivity index (χ0v) is 18.1. The molecule has 7 nitrogen and oxygen atoms in total. The zero-order valence-electron chi connectivity index (χ0n) is 17.3. The Labute approximate surface area is 181 Å². The predicted molar refractivity (Wildman–Crippen MR) is 119 cm³/mol. The van der Waals surface area contributed by atoms with Crippen molar-refractivity contribution >= 4 is 17.9 Å². The lowest BCUT2D eigenvalue weighted by atomic mass is 10.2. The SMILES string of the molecule is CCOc1ccccc1N1CCN(Cn2nc(-c3ccccc3OC)oc2=S)CC1. The topological polar surface area (TPSA) is 55.9 Å². The Morgan fingerprint density at radius 3 is 2.43 bits per heavy atom. The van der Waals surface area contributed by atoms with E-state index in [1.54, 1.807) is 11.8 Å². The van der Waals surface area contributed by atoms with Crippen LogP contribution in [0.2, 0.25) is 0 Å². The van der Waals surface area contributed by atoms with Gasteiger partial charge in [-0.2, -0.15) is 0 Å². The first kappa shape index (κ1) is 20.4. The van der Waals surface area contributed by atoms with Crippen molar-refractivity contribution in [3.63, 3.8) is 0 Å². The van der Waals surface area contributed by atoms with Gasteiger partial charge < -0.3 is 18.8 Å². The van der Waals surface area contributed by atoms with Crippen molar-refractivity contribution in [2.75, 3.05) is 44.8 Å². The highest BCUT2D eigenvalue weighted by Crippen LogP contribution is 2.30. The molecule has 4 rings (SSSR count). The van der Waals surface area contributed by atoms with Crippen LogP contribution in [0.25, 0.3) is 11.5 Å². The molecular weight excluding hydrogens is 400 g/mol. The highest BCUT2D eigenvalue weighted by molar-refractivity contribution is 7.71. The van der Waals surface area contributed by atoms with Crippen LogP contribution in [0.5, 0.6) is 11.5 Å². The maximum absolute atomic E-state index is 5.79. The molecule has 2 heterocycles. The first-order valence-electron chi connectivity index (χ1n) is 10.1. The number of para-hydroxylation sites is 3. The van der Waals surface area contributed by atoms with Gasteiger partial charge in [-0.15, -0.1) is 5.10 Å². The summed E-state index contributed by atoms with van der Waals surface area (Å²) in [5.74, 6) is 2.12. The third-order valence-corrected chi connectivity index (χ3v) is 5.45. The lowest BCUT2D eigenvalue weighted by molar-refractivity contribution is 0.191. The van der Waals surface area contributed by atoms with Crippen LogP contribution in [0, 0.1) is 4.84 Å². The molecule has 0 bridgehead atoms. The number of rotatable bonds is 7. The van der Waals surface area contributed by atoms with Gasteiger partial charge in [-0.05, 0) is 43.4 Å². The summed E-state index contributed by atoms with van der Waals surface area (Å²) in [5, 5.41) is 4.59. The van der Waals surface area contributed by atoms with Crippen molar-refractivity contribution in [3.05, 3.63) is 53.4 Å². The van der Waals surface area contributed by atoms with Crippen LogP contribution in [-0.2, 0) is 6.67 Å². The summed E-state index contributed by atoms with van der Waals surface area (Å²) < 4.78 is 18.7. The summed E-state index contributed by atoms with van der Waals surface area (Å²) in [6.07, 6.45) is 0. The normalized spacial score (nSPS) is 14.7. The average Bonchev–Trinajstić information content (AvgIpc) is 3.15. The van der Waals surface area contributed by atoms with E-state index in [2.05, 4.69) is 27.0 Å². The number of nitrogens with zero attached hydrogens (tertiary/aromatic N) is 4. The molecule has 158 valence electrons. The molecule has 0 unspecified atom stereocenters. The molecule has 0 aliphatic carbocycles. The number of anilines is 1. The van der Waals surface area contributed by atoms with Gasteiger partial charge in [-0.1, -0.05) is 24.3 Å². The van der Waals surface area contributed by atoms with Gasteiger partial charge in [-0.25, -0.2) is 4.68 Å². The standard InChI is InChI=1S/C22H26N4O3S/c1-3-28-20-11-7-5-9-18(20)25-14-12-24(13-15-25)16-26-22(30)29-21(23-26)17-8-4-6-10-19(17)27-2/h4-11H,3,12-16H2,1-2H3. The third-order valence-electron chi connectivity index (χ3n) is 5.16. The van der Waals surface area contributed by atoms with Gasteiger partial charge in [0.25, 0.3) is 10.7 Å². The third kappa shape index (κ3) is 4.34. The van der Waals surface area contributed by atoms with E-state index in [0.717, 1.165) is 43.2 Å². The lowest BCUT2D eigenvalue weighted by Crippen LogP contribution is -2.47. The van der Waals surface area contributed by atoms with Crippen LogP contribution in [0.1, 0.15) is 6.92 Å². The van der Waals surface area contributed by atoms with Gasteiger partial charge in [0.1, 0.15) is 11.5 Å². The molecule has 0 saturated carbocycles. The molecule has 0 atom stereocenters. The van der Waals surface area contributed by atoms with Crippen molar-refractivity contribution < 1.29 is 13.9 Å². The summed E-state index contributed by atoms with van der Waals surface area (Å²) in [6, 6.07) is 15.8. The summed E-state index contributed by atoms with van der Waals surface area (Å²) in [4.78, 5) is 5.05. The van der Waals surface area contributed by atoms with Gasteiger partial charge in [0.2, 0.25) is 0 Å². The Hall–Kier alpha value is -2.84. The molecule has 0 N–H and O–H groups in total. The Morgan fingerprint density at radius 1 is 1.00 bits per heavy atom. The van der Waals surface area contributed by atoms with Gasteiger partial charge in [-0.3, -0.25) is 4.90 Å². The molecule has 0 amide bonds. The second kappa shape index (κ2) is 9.32. The second-order valence-corrected chi connectivity index (χ2v) is 7.37. The van der Waals surface area contributed by atoms with E-state index < -0.39 is 0 Å². The number of hydrogen-bond acceptors (Lipinski definition) is 7. The van der Waals surface area contributed by atoms with E-state index >= 15 is 0 Å². The number of piperazine rings is 1. The van der Waals surface area contributed by atoms with Crippen LogP contribution in [0.4, 0.5) is 5.69 Å². The zero-order chi connectivity index (χ0) is 20.9. The maximum Gasteiger partial charge on any atom is 0.288 e. The fourth-order valence-electron chi connectivity index (χ4n) is 3.64. The molecule has 3 aromatic rings. The summed E-state index contributed by atoms with van der Waals surface area (Å²) in [6.45, 7) is 6.89. The summed E-state index contributed by atoms with van der Waals surface area (Å²) >= 11 is 5.41. The molecular formula is C22H26N4O3S. The first-order valence-corrected chi connectivity index (χ1v) is 10.5. The average molecular weight is 427 g/mol. The van der Waals surface area contributed by atoms with Crippen molar-refractivity contribution in [1.82, 2.24) is 14.7 Å². The van der Waals surface area contributed by atoms with Crippen molar-refractivity contribution in [3.8, 4) is 23.0 Å². The summed E-state index contributed by atoms with van der Waals surface area (Å²) in [5.41, 5.74) is 1.94. The van der Waals surface area contributed by atoms with E-state index in [1.807, 2.05) is 43.3 Å². The molecule has 0 radical (unpaired) electrons. The first-order chi connectivity index (χ1) is 14.7. The second-order valence-electron chi connectivity index (χ2n) is 7.02. The van der Waals surface area contributed by atoms with Crippen LogP contribution in [0.3, 0.4) is 0 Å². The Balaban J connectivity index is 1.43. The number of ether oxygens (including phenoxy) is 2. The van der Waals surface area contributed by atoms with E-state index in [9.17, 15) is 0 Å². The highest BCUT2D eigenvalue weighted by atomic mass is 32.1. The Kier molecular flexibility index (Phi) is 6.35. The molecule has 1 aliphatic rings. The summed E-state index contributed by atoms with van der Waals surface area (Å²) in [7, 11) is 1.63. The lowest BCUT2D eigenvalue weighted by Gasteiger charge is -2.36. The largest absolute Gasteiger partial charge is 0.496 e.